The number of ether oxygens (including phenoxy) is 1. The van der Waals surface area contributed by atoms with Crippen molar-refractivity contribution >= 4 is 29.1 Å². The summed E-state index contributed by atoms with van der Waals surface area (Å²) in [5.41, 5.74) is -0.286. The highest BCUT2D eigenvalue weighted by atomic mass is 16.5. The second-order valence-electron chi connectivity index (χ2n) is 12.2. The molecule has 2 unspecified atom stereocenters. The van der Waals surface area contributed by atoms with Gasteiger partial charge in [0.2, 0.25) is 11.8 Å². The number of nitrogens with zero attached hydrogens (tertiary/aromatic N) is 4. The molecule has 1 aromatic carbocycles. The van der Waals surface area contributed by atoms with Crippen LogP contribution in [0, 0.1) is 11.8 Å². The van der Waals surface area contributed by atoms with Crippen LogP contribution in [0.4, 0.5) is 11.4 Å². The minimum atomic E-state index is -1.17. The van der Waals surface area contributed by atoms with Crippen molar-refractivity contribution < 1.29 is 24.2 Å². The molecule has 4 rings (SSSR count). The average Bonchev–Trinajstić information content (AvgIpc) is 3.58. The molecule has 3 aliphatic heterocycles. The van der Waals surface area contributed by atoms with E-state index in [1.54, 1.807) is 26.9 Å². The maximum Gasteiger partial charge on any atom is 0.253 e. The number of anilines is 2. The van der Waals surface area contributed by atoms with Crippen molar-refractivity contribution in [3.8, 4) is 0 Å². The van der Waals surface area contributed by atoms with Crippen LogP contribution < -0.4 is 9.80 Å². The topological polar surface area (TPSA) is 93.6 Å². The third-order valence-corrected chi connectivity index (χ3v) is 9.81. The quantitative estimate of drug-likeness (QED) is 0.309. The molecule has 236 valence electrons. The number of aliphatic hydroxyl groups excluding tert-OH is 1. The molecule has 3 amide bonds. The molecule has 0 aliphatic carbocycles. The van der Waals surface area contributed by atoms with Gasteiger partial charge < -0.3 is 29.4 Å². The maximum atomic E-state index is 14.8. The van der Waals surface area contributed by atoms with Gasteiger partial charge in [-0.25, -0.2) is 0 Å². The molecule has 1 aromatic rings. The molecule has 9 heteroatoms. The molecule has 3 fully saturated rings. The summed E-state index contributed by atoms with van der Waals surface area (Å²) in [6, 6.07) is 6.29. The Kier molecular flexibility index (Phi) is 10.1. The first-order valence-electron chi connectivity index (χ1n) is 15.9. The first-order chi connectivity index (χ1) is 20.6. The number of hydrogen-bond donors (Lipinski definition) is 1. The van der Waals surface area contributed by atoms with E-state index in [1.165, 1.54) is 0 Å². The molecule has 0 radical (unpaired) electrons. The number of amides is 3. The number of carbonyl (C=O) groups is 3. The lowest BCUT2D eigenvalue weighted by Gasteiger charge is -2.39. The van der Waals surface area contributed by atoms with Crippen molar-refractivity contribution in [2.45, 2.75) is 83.6 Å². The molecule has 3 aliphatic rings. The van der Waals surface area contributed by atoms with E-state index in [9.17, 15) is 19.5 Å². The van der Waals surface area contributed by atoms with Crippen molar-refractivity contribution in [1.29, 1.82) is 0 Å². The Hall–Kier alpha value is -3.17. The van der Waals surface area contributed by atoms with Crippen LogP contribution in [0.25, 0.3) is 0 Å². The van der Waals surface area contributed by atoms with Crippen LogP contribution in [0.2, 0.25) is 0 Å². The van der Waals surface area contributed by atoms with E-state index in [-0.39, 0.29) is 30.9 Å². The first kappa shape index (κ1) is 32.7. The highest BCUT2D eigenvalue weighted by molar-refractivity contribution is 6.05. The third-order valence-electron chi connectivity index (χ3n) is 9.81. The van der Waals surface area contributed by atoms with Gasteiger partial charge in [-0.1, -0.05) is 26.0 Å². The molecule has 6 atom stereocenters. The summed E-state index contributed by atoms with van der Waals surface area (Å²) in [7, 11) is 0. The van der Waals surface area contributed by atoms with E-state index in [1.807, 2.05) is 45.0 Å². The van der Waals surface area contributed by atoms with Gasteiger partial charge in [0.1, 0.15) is 11.6 Å². The second-order valence-corrected chi connectivity index (χ2v) is 12.2. The van der Waals surface area contributed by atoms with Gasteiger partial charge in [-0.3, -0.25) is 14.4 Å². The molecule has 0 saturated carbocycles. The molecular formula is C34H50N4O5. The Labute approximate surface area is 257 Å². The summed E-state index contributed by atoms with van der Waals surface area (Å²) in [4.78, 5) is 50.6. The zero-order valence-electron chi connectivity index (χ0n) is 26.6. The van der Waals surface area contributed by atoms with Crippen LogP contribution in [0.3, 0.4) is 0 Å². The lowest BCUT2D eigenvalue weighted by atomic mass is 9.66. The fraction of sp³-hybridized carbons (Fsp3) is 0.618. The third kappa shape index (κ3) is 5.39. The predicted octanol–water partition coefficient (Wildman–Crippen LogP) is 4.01. The normalized spacial score (nSPS) is 28.0. The Balaban J connectivity index is 1.80. The number of aliphatic hydroxyl groups is 1. The van der Waals surface area contributed by atoms with Gasteiger partial charge in [0.25, 0.3) is 5.91 Å². The molecule has 3 heterocycles. The molecule has 1 spiro atoms. The summed E-state index contributed by atoms with van der Waals surface area (Å²) in [6.07, 6.45) is 5.65. The largest absolute Gasteiger partial charge is 0.394 e. The zero-order valence-corrected chi connectivity index (χ0v) is 26.6. The average molecular weight is 595 g/mol. The van der Waals surface area contributed by atoms with E-state index < -0.39 is 35.1 Å². The van der Waals surface area contributed by atoms with Crippen LogP contribution in [-0.2, 0) is 19.1 Å². The summed E-state index contributed by atoms with van der Waals surface area (Å²) >= 11 is 0. The minimum Gasteiger partial charge on any atom is -0.394 e. The van der Waals surface area contributed by atoms with Gasteiger partial charge in [0.15, 0.2) is 0 Å². The van der Waals surface area contributed by atoms with Crippen LogP contribution in [0.1, 0.15) is 60.3 Å². The molecule has 2 bridgehead atoms. The summed E-state index contributed by atoms with van der Waals surface area (Å²) in [5, 5.41) is 10.4. The van der Waals surface area contributed by atoms with Gasteiger partial charge >= 0.3 is 0 Å². The molecule has 1 N–H and O–H groups in total. The molecule has 3 saturated heterocycles. The Morgan fingerprint density at radius 1 is 1.05 bits per heavy atom. The van der Waals surface area contributed by atoms with Gasteiger partial charge in [-0.15, -0.1) is 13.2 Å². The number of benzene rings is 1. The molecule has 0 aromatic heterocycles. The molecular weight excluding hydrogens is 544 g/mol. The van der Waals surface area contributed by atoms with Gasteiger partial charge in [0, 0.05) is 44.1 Å². The van der Waals surface area contributed by atoms with E-state index in [0.29, 0.717) is 38.0 Å². The Morgan fingerprint density at radius 2 is 1.67 bits per heavy atom. The first-order valence-corrected chi connectivity index (χ1v) is 15.9. The van der Waals surface area contributed by atoms with Crippen LogP contribution in [0.15, 0.2) is 49.6 Å². The number of carbonyl (C=O) groups excluding carboxylic acids is 3. The van der Waals surface area contributed by atoms with Crippen LogP contribution in [0.5, 0.6) is 0 Å². The fourth-order valence-corrected chi connectivity index (χ4v) is 7.77. The number of rotatable bonds is 15. The Bertz CT molecular complexity index is 1200. The van der Waals surface area contributed by atoms with Gasteiger partial charge in [-0.05, 0) is 70.7 Å². The smallest absolute Gasteiger partial charge is 0.253 e. The molecule has 43 heavy (non-hydrogen) atoms. The fourth-order valence-electron chi connectivity index (χ4n) is 7.77. The van der Waals surface area contributed by atoms with Crippen LogP contribution in [-0.4, -0.2) is 95.2 Å². The van der Waals surface area contributed by atoms with Gasteiger partial charge in [-0.2, -0.15) is 0 Å². The Morgan fingerprint density at radius 3 is 2.21 bits per heavy atom. The molecule has 9 nitrogen and oxygen atoms in total. The van der Waals surface area contributed by atoms with Crippen molar-refractivity contribution in [3.63, 3.8) is 0 Å². The van der Waals surface area contributed by atoms with Crippen molar-refractivity contribution in [2.75, 3.05) is 49.1 Å². The predicted molar refractivity (Wildman–Crippen MR) is 170 cm³/mol. The zero-order chi connectivity index (χ0) is 31.5. The number of hydrogen-bond acceptors (Lipinski definition) is 6. The van der Waals surface area contributed by atoms with Crippen molar-refractivity contribution in [1.82, 2.24) is 9.80 Å². The lowest BCUT2D eigenvalue weighted by Crippen LogP contribution is -2.59. The van der Waals surface area contributed by atoms with Crippen molar-refractivity contribution in [3.05, 3.63) is 49.6 Å². The van der Waals surface area contributed by atoms with Gasteiger partial charge in [0.05, 0.1) is 30.1 Å². The van der Waals surface area contributed by atoms with E-state index in [2.05, 4.69) is 31.9 Å². The number of fused-ring (bicyclic) bond motifs is 1. The lowest BCUT2D eigenvalue weighted by molar-refractivity contribution is -0.152. The highest BCUT2D eigenvalue weighted by Gasteiger charge is 2.78. The monoisotopic (exact) mass is 594 g/mol. The SMILES string of the molecule is C=CCN(CCC)C(=O)[C@@H]1[C@H]2C(=O)N([C@@H](CC)CO)C(C(=O)N(CC=C)c3ccc(N(CC)CC)cc3)C23CC[C@@]1(C)O3. The van der Waals surface area contributed by atoms with E-state index in [0.717, 1.165) is 25.2 Å². The highest BCUT2D eigenvalue weighted by Crippen LogP contribution is 2.64. The number of likely N-dealkylation sites (tertiary alicyclic amines) is 1. The second kappa shape index (κ2) is 13.2. The van der Waals surface area contributed by atoms with Crippen LogP contribution >= 0.6 is 0 Å². The summed E-state index contributed by atoms with van der Waals surface area (Å²) in [5.74, 6) is -2.24. The van der Waals surface area contributed by atoms with E-state index in [4.69, 9.17) is 4.74 Å². The van der Waals surface area contributed by atoms with Crippen molar-refractivity contribution in [2.24, 2.45) is 11.8 Å². The summed E-state index contributed by atoms with van der Waals surface area (Å²) in [6.45, 7) is 20.4. The maximum absolute atomic E-state index is 14.8. The minimum absolute atomic E-state index is 0.135. The van der Waals surface area contributed by atoms with E-state index >= 15 is 0 Å². The standard InChI is InChI=1S/C34H50N4O5/c1-8-20-36(21-9-2)30(40)27-28-31(41)38(24(11-4)23-39)29(34(28)19-18-33(27,7)43-34)32(42)37(22-10-3)26-16-14-25(15-17-26)35(12-5)13-6/h8,10,14-17,24,27-29,39H,1,3,9,11-13,18-23H2,2,4-7H3/t24-,27-,28-,29?,33+,34?/m0/s1. The summed E-state index contributed by atoms with van der Waals surface area (Å²) < 4.78 is 6.83.